The molecule has 0 aromatic heterocycles. The predicted molar refractivity (Wildman–Crippen MR) is 73.6 cm³/mol. The maximum absolute atomic E-state index is 10.9. The molecule has 1 N–H and O–H groups in total. The molecule has 106 valence electrons. The minimum atomic E-state index is -0.236. The minimum Gasteiger partial charge on any atom is -0.391 e. The fraction of sp³-hybridized carbons (Fsp3) is 1.00. The predicted octanol–water partition coefficient (Wildman–Crippen LogP) is 2.28. The summed E-state index contributed by atoms with van der Waals surface area (Å²) in [4.78, 5) is 2.28. The van der Waals surface area contributed by atoms with Crippen molar-refractivity contribution >= 4 is 0 Å². The van der Waals surface area contributed by atoms with E-state index in [0.29, 0.717) is 5.92 Å². The molecule has 1 heterocycles. The lowest BCUT2D eigenvalue weighted by Gasteiger charge is -2.50. The summed E-state index contributed by atoms with van der Waals surface area (Å²) in [6, 6.07) is 0. The fourth-order valence-corrected chi connectivity index (χ4v) is 3.72. The molecule has 1 saturated carbocycles. The Kier molecular flexibility index (Phi) is 4.68. The molecule has 2 rings (SSSR count). The Morgan fingerprint density at radius 1 is 1.22 bits per heavy atom. The fourth-order valence-electron chi connectivity index (χ4n) is 3.72. The average molecular weight is 255 g/mol. The lowest BCUT2D eigenvalue weighted by atomic mass is 9.69. The van der Waals surface area contributed by atoms with Gasteiger partial charge >= 0.3 is 0 Å². The highest BCUT2D eigenvalue weighted by atomic mass is 16.5. The zero-order chi connectivity index (χ0) is 13.2. The van der Waals surface area contributed by atoms with E-state index in [0.717, 1.165) is 44.8 Å². The third kappa shape index (κ3) is 2.73. The van der Waals surface area contributed by atoms with Gasteiger partial charge in [0, 0.05) is 18.1 Å². The first-order valence-electron chi connectivity index (χ1n) is 7.49. The van der Waals surface area contributed by atoms with Gasteiger partial charge in [0.05, 0.1) is 12.7 Å². The first-order valence-corrected chi connectivity index (χ1v) is 7.49. The highest BCUT2D eigenvalue weighted by Crippen LogP contribution is 2.41. The van der Waals surface area contributed by atoms with Gasteiger partial charge in [0.1, 0.15) is 0 Å². The van der Waals surface area contributed by atoms with Crippen LogP contribution in [0.5, 0.6) is 0 Å². The van der Waals surface area contributed by atoms with Crippen LogP contribution < -0.4 is 0 Å². The number of ether oxygens (including phenoxy) is 1. The van der Waals surface area contributed by atoms with Crippen LogP contribution in [0.1, 0.15) is 45.4 Å². The molecule has 1 saturated heterocycles. The zero-order valence-corrected chi connectivity index (χ0v) is 12.2. The first-order chi connectivity index (χ1) is 8.56. The summed E-state index contributed by atoms with van der Waals surface area (Å²) in [7, 11) is 4.26. The summed E-state index contributed by atoms with van der Waals surface area (Å²) in [5.74, 6) is 1.14. The van der Waals surface area contributed by atoms with Crippen molar-refractivity contribution < 1.29 is 9.84 Å². The van der Waals surface area contributed by atoms with Crippen molar-refractivity contribution in [2.75, 3.05) is 27.3 Å². The van der Waals surface area contributed by atoms with Crippen molar-refractivity contribution in [1.82, 2.24) is 4.90 Å². The highest BCUT2D eigenvalue weighted by molar-refractivity contribution is 5.00. The quantitative estimate of drug-likeness (QED) is 0.840. The molecule has 3 heteroatoms. The normalized spacial score (nSPS) is 39.8. The molecule has 2 unspecified atom stereocenters. The van der Waals surface area contributed by atoms with Gasteiger partial charge in [-0.3, -0.25) is 0 Å². The van der Waals surface area contributed by atoms with E-state index in [4.69, 9.17) is 4.74 Å². The lowest BCUT2D eigenvalue weighted by Crippen LogP contribution is -2.58. The van der Waals surface area contributed by atoms with Gasteiger partial charge in [0.15, 0.2) is 0 Å². The Bertz CT molecular complexity index is 253. The maximum atomic E-state index is 10.9. The smallest absolute Gasteiger partial charge is 0.0773 e. The van der Waals surface area contributed by atoms with E-state index in [2.05, 4.69) is 25.9 Å². The number of aliphatic hydroxyl groups is 1. The van der Waals surface area contributed by atoms with Crippen LogP contribution in [0.3, 0.4) is 0 Å². The summed E-state index contributed by atoms with van der Waals surface area (Å²) < 4.78 is 5.56. The Balaban J connectivity index is 2.08. The standard InChI is InChI=1S/C15H29NO2/c1-12-6-8-15(9-7-12,16(2)3)14(17)13-5-4-10-18-11-13/h12-14,17H,4-11H2,1-3H3. The summed E-state index contributed by atoms with van der Waals surface area (Å²) in [5, 5.41) is 10.9. The summed E-state index contributed by atoms with van der Waals surface area (Å²) in [6.07, 6.45) is 6.71. The van der Waals surface area contributed by atoms with Crippen LogP contribution in [0.4, 0.5) is 0 Å². The second kappa shape index (κ2) is 5.89. The molecule has 0 spiro atoms. The molecule has 0 radical (unpaired) electrons. The SMILES string of the molecule is CC1CCC(C(O)C2CCCOC2)(N(C)C)CC1. The van der Waals surface area contributed by atoms with E-state index in [1.807, 2.05) is 0 Å². The number of likely N-dealkylation sites (N-methyl/N-ethyl adjacent to an activating group) is 1. The molecule has 0 amide bonds. The Labute approximate surface area is 112 Å². The third-order valence-electron chi connectivity index (χ3n) is 5.22. The average Bonchev–Trinajstić information content (AvgIpc) is 2.40. The molecule has 18 heavy (non-hydrogen) atoms. The van der Waals surface area contributed by atoms with Crippen molar-refractivity contribution in [2.45, 2.75) is 57.1 Å². The topological polar surface area (TPSA) is 32.7 Å². The second-order valence-electron chi connectivity index (χ2n) is 6.60. The van der Waals surface area contributed by atoms with Gasteiger partial charge in [0.25, 0.3) is 0 Å². The zero-order valence-electron chi connectivity index (χ0n) is 12.2. The van der Waals surface area contributed by atoms with Gasteiger partial charge in [-0.25, -0.2) is 0 Å². The van der Waals surface area contributed by atoms with Crippen molar-refractivity contribution in [1.29, 1.82) is 0 Å². The number of hydrogen-bond donors (Lipinski definition) is 1. The van der Waals surface area contributed by atoms with Gasteiger partial charge < -0.3 is 14.7 Å². The van der Waals surface area contributed by atoms with Gasteiger partial charge in [-0.1, -0.05) is 6.92 Å². The summed E-state index contributed by atoms with van der Waals surface area (Å²) in [5.41, 5.74) is -0.0160. The van der Waals surface area contributed by atoms with E-state index in [9.17, 15) is 5.11 Å². The van der Waals surface area contributed by atoms with Gasteiger partial charge in [-0.15, -0.1) is 0 Å². The van der Waals surface area contributed by atoms with Crippen molar-refractivity contribution in [3.63, 3.8) is 0 Å². The van der Waals surface area contributed by atoms with Crippen LogP contribution in [0, 0.1) is 11.8 Å². The maximum Gasteiger partial charge on any atom is 0.0773 e. The molecule has 0 aromatic carbocycles. The summed E-state index contributed by atoms with van der Waals surface area (Å²) >= 11 is 0. The number of hydrogen-bond acceptors (Lipinski definition) is 3. The Morgan fingerprint density at radius 2 is 1.89 bits per heavy atom. The van der Waals surface area contributed by atoms with Crippen LogP contribution in [-0.4, -0.2) is 49.0 Å². The van der Waals surface area contributed by atoms with Crippen LogP contribution >= 0.6 is 0 Å². The van der Waals surface area contributed by atoms with Gasteiger partial charge in [0.2, 0.25) is 0 Å². The van der Waals surface area contributed by atoms with Gasteiger partial charge in [-0.05, 0) is 58.5 Å². The first kappa shape index (κ1) is 14.3. The molecule has 2 atom stereocenters. The highest BCUT2D eigenvalue weighted by Gasteiger charge is 2.45. The van der Waals surface area contributed by atoms with E-state index < -0.39 is 0 Å². The van der Waals surface area contributed by atoms with Crippen molar-refractivity contribution in [2.24, 2.45) is 11.8 Å². The molecule has 1 aliphatic heterocycles. The van der Waals surface area contributed by atoms with Crippen LogP contribution in [0.15, 0.2) is 0 Å². The molecule has 0 aromatic rings. The number of nitrogens with zero attached hydrogens (tertiary/aromatic N) is 1. The summed E-state index contributed by atoms with van der Waals surface area (Å²) in [6.45, 7) is 3.94. The molecule has 3 nitrogen and oxygen atoms in total. The van der Waals surface area contributed by atoms with E-state index in [1.54, 1.807) is 0 Å². The Hall–Kier alpha value is -0.120. The minimum absolute atomic E-state index is 0.0160. The second-order valence-corrected chi connectivity index (χ2v) is 6.60. The van der Waals surface area contributed by atoms with Crippen molar-refractivity contribution in [3.8, 4) is 0 Å². The van der Waals surface area contributed by atoms with Crippen LogP contribution in [0.2, 0.25) is 0 Å². The largest absolute Gasteiger partial charge is 0.391 e. The molecular weight excluding hydrogens is 226 g/mol. The van der Waals surface area contributed by atoms with Crippen LogP contribution in [0.25, 0.3) is 0 Å². The van der Waals surface area contributed by atoms with Crippen LogP contribution in [-0.2, 0) is 4.74 Å². The van der Waals surface area contributed by atoms with E-state index >= 15 is 0 Å². The molecule has 2 aliphatic rings. The monoisotopic (exact) mass is 255 g/mol. The van der Waals surface area contributed by atoms with Gasteiger partial charge in [-0.2, -0.15) is 0 Å². The van der Waals surface area contributed by atoms with E-state index in [1.165, 1.54) is 12.8 Å². The molecular formula is C15H29NO2. The molecule has 0 bridgehead atoms. The number of rotatable bonds is 3. The van der Waals surface area contributed by atoms with Crippen molar-refractivity contribution in [3.05, 3.63) is 0 Å². The molecule has 1 aliphatic carbocycles. The van der Waals surface area contributed by atoms with E-state index in [-0.39, 0.29) is 11.6 Å². The Morgan fingerprint density at radius 3 is 2.39 bits per heavy atom. The lowest BCUT2D eigenvalue weighted by molar-refractivity contribution is -0.0987. The number of aliphatic hydroxyl groups excluding tert-OH is 1. The third-order valence-corrected chi connectivity index (χ3v) is 5.22. The molecule has 2 fully saturated rings.